The summed E-state index contributed by atoms with van der Waals surface area (Å²) in [6.07, 6.45) is 2.74. The summed E-state index contributed by atoms with van der Waals surface area (Å²) in [6, 6.07) is 3.59. The van der Waals surface area contributed by atoms with Crippen LogP contribution in [0.1, 0.15) is 11.3 Å². The lowest BCUT2D eigenvalue weighted by atomic mass is 10.2. The Hall–Kier alpha value is -0.230. The van der Waals surface area contributed by atoms with E-state index in [2.05, 4.69) is 5.32 Å². The van der Waals surface area contributed by atoms with E-state index in [1.165, 1.54) is 0 Å². The van der Waals surface area contributed by atoms with Gasteiger partial charge in [-0.1, -0.05) is 6.07 Å². The summed E-state index contributed by atoms with van der Waals surface area (Å²) in [5.41, 5.74) is 5.72. The minimum atomic E-state index is -0.377. The van der Waals surface area contributed by atoms with Crippen LogP contribution in [0.5, 0.6) is 0 Å². The van der Waals surface area contributed by atoms with Gasteiger partial charge in [0.2, 0.25) is 5.91 Å². The number of hydrogen-bond acceptors (Lipinski definition) is 4. The Labute approximate surface area is 111 Å². The molecule has 16 heavy (non-hydrogen) atoms. The van der Waals surface area contributed by atoms with E-state index < -0.39 is 0 Å². The molecule has 0 saturated heterocycles. The first-order valence-corrected chi connectivity index (χ1v) is 7.06. The third-order valence-corrected chi connectivity index (χ3v) is 3.51. The molecule has 0 aliphatic carbocycles. The van der Waals surface area contributed by atoms with Crippen molar-refractivity contribution in [2.75, 3.05) is 12.0 Å². The van der Waals surface area contributed by atoms with E-state index in [9.17, 15) is 4.79 Å². The normalized spacial score (nSPS) is 11.6. The number of nitrogens with two attached hydrogens (primary N) is 1. The summed E-state index contributed by atoms with van der Waals surface area (Å²) in [7, 11) is 0. The average Bonchev–Trinajstić information content (AvgIpc) is 2.75. The molecule has 6 heteroatoms. The van der Waals surface area contributed by atoms with Crippen LogP contribution < -0.4 is 11.1 Å². The Balaban J connectivity index is 0.00000225. The van der Waals surface area contributed by atoms with Crippen LogP contribution in [0.2, 0.25) is 0 Å². The molecule has 1 atom stereocenters. The molecule has 1 rings (SSSR count). The third-order valence-electron chi connectivity index (χ3n) is 1.99. The van der Waals surface area contributed by atoms with Crippen LogP contribution >= 0.6 is 35.5 Å². The van der Waals surface area contributed by atoms with Gasteiger partial charge >= 0.3 is 0 Å². The second-order valence-electron chi connectivity index (χ2n) is 3.19. The largest absolute Gasteiger partial charge is 0.350 e. The summed E-state index contributed by atoms with van der Waals surface area (Å²) < 4.78 is 0. The summed E-state index contributed by atoms with van der Waals surface area (Å²) in [4.78, 5) is 12.7. The molecule has 1 amide bonds. The molecule has 1 heterocycles. The first-order chi connectivity index (χ1) is 7.24. The van der Waals surface area contributed by atoms with E-state index in [0.717, 1.165) is 17.1 Å². The third kappa shape index (κ3) is 5.75. The van der Waals surface area contributed by atoms with Crippen molar-refractivity contribution in [2.45, 2.75) is 19.0 Å². The standard InChI is InChI=1S/C10H16N2OS2.ClH/c1-14-6-4-9(11)10(13)12-7-8-3-2-5-15-8;/h2-3,5,9H,4,6-7,11H2,1H3,(H,12,13);1H/t9-;/m0./s1. The Morgan fingerprint density at radius 2 is 2.44 bits per heavy atom. The molecule has 0 saturated carbocycles. The van der Waals surface area contributed by atoms with Crippen LogP contribution in [-0.4, -0.2) is 24.0 Å². The van der Waals surface area contributed by atoms with Crippen molar-refractivity contribution in [2.24, 2.45) is 5.73 Å². The maximum atomic E-state index is 11.5. The van der Waals surface area contributed by atoms with Gasteiger partial charge < -0.3 is 11.1 Å². The van der Waals surface area contributed by atoms with Gasteiger partial charge in [-0.3, -0.25) is 4.79 Å². The number of carbonyl (C=O) groups excluding carboxylic acids is 1. The molecule has 1 aromatic rings. The van der Waals surface area contributed by atoms with Gasteiger partial charge in [0.1, 0.15) is 0 Å². The summed E-state index contributed by atoms with van der Waals surface area (Å²) >= 11 is 3.34. The van der Waals surface area contributed by atoms with E-state index in [1.807, 2.05) is 23.8 Å². The second kappa shape index (κ2) is 8.87. The Morgan fingerprint density at radius 3 is 3.00 bits per heavy atom. The van der Waals surface area contributed by atoms with Crippen molar-refractivity contribution in [1.29, 1.82) is 0 Å². The zero-order chi connectivity index (χ0) is 11.1. The van der Waals surface area contributed by atoms with Crippen LogP contribution in [0.25, 0.3) is 0 Å². The van der Waals surface area contributed by atoms with Gasteiger partial charge in [0, 0.05) is 4.88 Å². The molecule has 92 valence electrons. The molecule has 3 N–H and O–H groups in total. The van der Waals surface area contributed by atoms with Crippen molar-refractivity contribution < 1.29 is 4.79 Å². The quantitative estimate of drug-likeness (QED) is 0.836. The van der Waals surface area contributed by atoms with Gasteiger partial charge in [-0.15, -0.1) is 23.7 Å². The highest BCUT2D eigenvalue weighted by Crippen LogP contribution is 2.07. The Kier molecular flexibility index (Phi) is 8.74. The lowest BCUT2D eigenvalue weighted by molar-refractivity contribution is -0.122. The number of nitrogens with one attached hydrogen (secondary N) is 1. The number of hydrogen-bond donors (Lipinski definition) is 2. The predicted octanol–water partition coefficient (Wildman–Crippen LogP) is 1.87. The molecular formula is C10H17ClN2OS2. The molecule has 0 bridgehead atoms. The Morgan fingerprint density at radius 1 is 1.69 bits per heavy atom. The second-order valence-corrected chi connectivity index (χ2v) is 5.20. The highest BCUT2D eigenvalue weighted by Gasteiger charge is 2.11. The van der Waals surface area contributed by atoms with Crippen LogP contribution in [0, 0.1) is 0 Å². The van der Waals surface area contributed by atoms with E-state index in [0.29, 0.717) is 6.54 Å². The van der Waals surface area contributed by atoms with Gasteiger partial charge in [-0.2, -0.15) is 11.8 Å². The molecule has 0 unspecified atom stereocenters. The molecule has 0 aliphatic rings. The lowest BCUT2D eigenvalue weighted by Gasteiger charge is -2.10. The molecule has 0 radical (unpaired) electrons. The molecule has 0 aromatic carbocycles. The number of rotatable bonds is 6. The van der Waals surface area contributed by atoms with Gasteiger partial charge in [0.15, 0.2) is 0 Å². The number of carbonyl (C=O) groups is 1. The average molecular weight is 281 g/mol. The predicted molar refractivity (Wildman–Crippen MR) is 74.4 cm³/mol. The van der Waals surface area contributed by atoms with Crippen molar-refractivity contribution in [3.8, 4) is 0 Å². The van der Waals surface area contributed by atoms with E-state index in [1.54, 1.807) is 23.1 Å². The van der Waals surface area contributed by atoms with E-state index in [4.69, 9.17) is 5.73 Å². The molecule has 0 fully saturated rings. The smallest absolute Gasteiger partial charge is 0.237 e. The topological polar surface area (TPSA) is 55.1 Å². The molecule has 1 aromatic heterocycles. The number of amides is 1. The SMILES string of the molecule is CSCC[C@H](N)C(=O)NCc1cccs1.Cl. The maximum absolute atomic E-state index is 11.5. The molecule has 0 aliphatic heterocycles. The first-order valence-electron chi connectivity index (χ1n) is 4.78. The Bertz CT molecular complexity index is 293. The summed E-state index contributed by atoms with van der Waals surface area (Å²) in [5.74, 6) is 0.866. The monoisotopic (exact) mass is 280 g/mol. The van der Waals surface area contributed by atoms with Crippen LogP contribution in [0.15, 0.2) is 17.5 Å². The van der Waals surface area contributed by atoms with Crippen LogP contribution in [-0.2, 0) is 11.3 Å². The van der Waals surface area contributed by atoms with Crippen molar-refractivity contribution in [1.82, 2.24) is 5.32 Å². The number of halogens is 1. The first kappa shape index (κ1) is 15.8. The van der Waals surface area contributed by atoms with Gasteiger partial charge in [-0.25, -0.2) is 0 Å². The van der Waals surface area contributed by atoms with Gasteiger partial charge in [0.05, 0.1) is 12.6 Å². The highest BCUT2D eigenvalue weighted by molar-refractivity contribution is 7.98. The molecule has 3 nitrogen and oxygen atoms in total. The maximum Gasteiger partial charge on any atom is 0.237 e. The molecule has 0 spiro atoms. The minimum absolute atomic E-state index is 0. The van der Waals surface area contributed by atoms with Crippen molar-refractivity contribution >= 4 is 41.4 Å². The van der Waals surface area contributed by atoms with E-state index in [-0.39, 0.29) is 24.4 Å². The fraction of sp³-hybridized carbons (Fsp3) is 0.500. The van der Waals surface area contributed by atoms with E-state index >= 15 is 0 Å². The summed E-state index contributed by atoms with van der Waals surface area (Å²) in [6.45, 7) is 0.587. The van der Waals surface area contributed by atoms with Gasteiger partial charge in [-0.05, 0) is 29.9 Å². The van der Waals surface area contributed by atoms with Gasteiger partial charge in [0.25, 0.3) is 0 Å². The van der Waals surface area contributed by atoms with Crippen molar-refractivity contribution in [3.05, 3.63) is 22.4 Å². The minimum Gasteiger partial charge on any atom is -0.350 e. The van der Waals surface area contributed by atoms with Crippen molar-refractivity contribution in [3.63, 3.8) is 0 Å². The number of thiophene rings is 1. The summed E-state index contributed by atoms with van der Waals surface area (Å²) in [5, 5.41) is 4.83. The lowest BCUT2D eigenvalue weighted by Crippen LogP contribution is -2.40. The zero-order valence-corrected chi connectivity index (χ0v) is 11.6. The van der Waals surface area contributed by atoms with Crippen LogP contribution in [0.4, 0.5) is 0 Å². The number of thioether (sulfide) groups is 1. The fourth-order valence-corrected chi connectivity index (χ4v) is 2.23. The zero-order valence-electron chi connectivity index (χ0n) is 9.14. The van der Waals surface area contributed by atoms with Crippen LogP contribution in [0.3, 0.4) is 0 Å². The highest BCUT2D eigenvalue weighted by atomic mass is 35.5. The fourth-order valence-electron chi connectivity index (χ4n) is 1.09. The molecular weight excluding hydrogens is 264 g/mol.